The number of methoxy groups -OCH3 is 2. The summed E-state index contributed by atoms with van der Waals surface area (Å²) < 4.78 is 24.2. The van der Waals surface area contributed by atoms with Crippen LogP contribution < -0.4 is 10.1 Å². The Morgan fingerprint density at radius 1 is 1.33 bits per heavy atom. The summed E-state index contributed by atoms with van der Waals surface area (Å²) in [5.41, 5.74) is 0.792. The highest BCUT2D eigenvalue weighted by atomic mass is 19.1. The van der Waals surface area contributed by atoms with E-state index in [1.165, 1.54) is 12.1 Å². The molecule has 0 spiro atoms. The van der Waals surface area contributed by atoms with E-state index >= 15 is 0 Å². The van der Waals surface area contributed by atoms with Gasteiger partial charge < -0.3 is 14.8 Å². The third kappa shape index (κ3) is 3.43. The molecule has 0 amide bonds. The lowest BCUT2D eigenvalue weighted by atomic mass is 9.97. The molecular formula is C14H22FNO2. The van der Waals surface area contributed by atoms with Crippen molar-refractivity contribution in [2.75, 3.05) is 21.3 Å². The van der Waals surface area contributed by atoms with Crippen molar-refractivity contribution in [2.45, 2.75) is 31.9 Å². The highest BCUT2D eigenvalue weighted by Crippen LogP contribution is 2.30. The van der Waals surface area contributed by atoms with Crippen LogP contribution in [0.4, 0.5) is 4.39 Å². The quantitative estimate of drug-likeness (QED) is 0.812. The van der Waals surface area contributed by atoms with Crippen LogP contribution >= 0.6 is 0 Å². The standard InChI is InChI=1S/C14H22FNO2/c1-5-6-13(18-4)14(16-2)11-9-10(15)7-8-12(11)17-3/h7-9,13-14,16H,5-6H2,1-4H3. The molecule has 18 heavy (non-hydrogen) atoms. The van der Waals surface area contributed by atoms with Gasteiger partial charge in [0.05, 0.1) is 19.3 Å². The first-order chi connectivity index (χ1) is 8.67. The van der Waals surface area contributed by atoms with E-state index in [4.69, 9.17) is 9.47 Å². The third-order valence-electron chi connectivity index (χ3n) is 3.09. The maximum Gasteiger partial charge on any atom is 0.123 e. The van der Waals surface area contributed by atoms with Crippen molar-refractivity contribution in [3.8, 4) is 5.75 Å². The summed E-state index contributed by atoms with van der Waals surface area (Å²) in [6.07, 6.45) is 1.91. The molecule has 2 unspecified atom stereocenters. The van der Waals surface area contributed by atoms with Gasteiger partial charge >= 0.3 is 0 Å². The summed E-state index contributed by atoms with van der Waals surface area (Å²) in [6, 6.07) is 4.46. The fraction of sp³-hybridized carbons (Fsp3) is 0.571. The van der Waals surface area contributed by atoms with Crippen molar-refractivity contribution in [1.82, 2.24) is 5.32 Å². The van der Waals surface area contributed by atoms with Gasteiger partial charge in [-0.15, -0.1) is 0 Å². The van der Waals surface area contributed by atoms with E-state index in [2.05, 4.69) is 12.2 Å². The van der Waals surface area contributed by atoms with Crippen molar-refractivity contribution in [3.63, 3.8) is 0 Å². The second-order valence-electron chi connectivity index (χ2n) is 4.22. The molecule has 0 heterocycles. The Morgan fingerprint density at radius 2 is 2.06 bits per heavy atom. The Balaban J connectivity index is 3.09. The first kappa shape index (κ1) is 14.9. The molecule has 1 aromatic rings. The van der Waals surface area contributed by atoms with Crippen molar-refractivity contribution >= 4 is 0 Å². The number of likely N-dealkylation sites (N-methyl/N-ethyl adjacent to an activating group) is 1. The van der Waals surface area contributed by atoms with E-state index in [0.29, 0.717) is 5.75 Å². The molecule has 102 valence electrons. The maximum atomic E-state index is 13.4. The van der Waals surface area contributed by atoms with Gasteiger partial charge in [-0.2, -0.15) is 0 Å². The predicted octanol–water partition coefficient (Wildman–Crippen LogP) is 2.91. The zero-order valence-electron chi connectivity index (χ0n) is 11.5. The second kappa shape index (κ2) is 7.34. The topological polar surface area (TPSA) is 30.5 Å². The Kier molecular flexibility index (Phi) is 6.09. The number of hydrogen-bond acceptors (Lipinski definition) is 3. The lowest BCUT2D eigenvalue weighted by Crippen LogP contribution is -2.31. The molecular weight excluding hydrogens is 233 g/mol. The summed E-state index contributed by atoms with van der Waals surface area (Å²) in [5, 5.41) is 3.18. The van der Waals surface area contributed by atoms with E-state index in [-0.39, 0.29) is 18.0 Å². The zero-order chi connectivity index (χ0) is 13.5. The van der Waals surface area contributed by atoms with Crippen LogP contribution in [-0.4, -0.2) is 27.4 Å². The average Bonchev–Trinajstić information content (AvgIpc) is 2.39. The first-order valence-corrected chi connectivity index (χ1v) is 6.21. The maximum absolute atomic E-state index is 13.4. The Labute approximate surface area is 108 Å². The van der Waals surface area contributed by atoms with Crippen LogP contribution in [0.25, 0.3) is 0 Å². The van der Waals surface area contributed by atoms with Gasteiger partial charge in [0, 0.05) is 12.7 Å². The fourth-order valence-corrected chi connectivity index (χ4v) is 2.20. The van der Waals surface area contributed by atoms with Crippen molar-refractivity contribution in [3.05, 3.63) is 29.6 Å². The highest BCUT2D eigenvalue weighted by Gasteiger charge is 2.24. The number of halogens is 1. The Morgan fingerprint density at radius 3 is 2.56 bits per heavy atom. The molecule has 1 aromatic carbocycles. The van der Waals surface area contributed by atoms with Crippen LogP contribution in [0.15, 0.2) is 18.2 Å². The van der Waals surface area contributed by atoms with Crippen LogP contribution in [0.5, 0.6) is 5.75 Å². The van der Waals surface area contributed by atoms with Gasteiger partial charge in [0.2, 0.25) is 0 Å². The molecule has 0 aromatic heterocycles. The minimum atomic E-state index is -0.266. The van der Waals surface area contributed by atoms with E-state index in [1.807, 2.05) is 7.05 Å². The average molecular weight is 255 g/mol. The number of ether oxygens (including phenoxy) is 2. The number of rotatable bonds is 7. The SMILES string of the molecule is CCCC(OC)C(NC)c1cc(F)ccc1OC. The molecule has 0 aliphatic rings. The molecule has 0 radical (unpaired) electrons. The fourth-order valence-electron chi connectivity index (χ4n) is 2.20. The van der Waals surface area contributed by atoms with Gasteiger partial charge in [-0.1, -0.05) is 13.3 Å². The highest BCUT2D eigenvalue weighted by molar-refractivity contribution is 5.37. The zero-order valence-corrected chi connectivity index (χ0v) is 11.5. The van der Waals surface area contributed by atoms with Gasteiger partial charge in [0.15, 0.2) is 0 Å². The lowest BCUT2D eigenvalue weighted by Gasteiger charge is -2.27. The number of hydrogen-bond donors (Lipinski definition) is 1. The molecule has 1 rings (SSSR count). The van der Waals surface area contributed by atoms with Gasteiger partial charge in [0.1, 0.15) is 11.6 Å². The molecule has 0 aliphatic heterocycles. The van der Waals surface area contributed by atoms with Crippen LogP contribution in [0.1, 0.15) is 31.4 Å². The monoisotopic (exact) mass is 255 g/mol. The molecule has 1 N–H and O–H groups in total. The summed E-state index contributed by atoms with van der Waals surface area (Å²) in [7, 11) is 5.11. The summed E-state index contributed by atoms with van der Waals surface area (Å²) in [6.45, 7) is 2.10. The number of nitrogens with one attached hydrogen (secondary N) is 1. The molecule has 0 saturated carbocycles. The minimum absolute atomic E-state index is 0.00398. The van der Waals surface area contributed by atoms with Crippen LogP contribution in [-0.2, 0) is 4.74 Å². The predicted molar refractivity (Wildman–Crippen MR) is 70.5 cm³/mol. The molecule has 2 atom stereocenters. The lowest BCUT2D eigenvalue weighted by molar-refractivity contribution is 0.0621. The van der Waals surface area contributed by atoms with Crippen molar-refractivity contribution < 1.29 is 13.9 Å². The minimum Gasteiger partial charge on any atom is -0.496 e. The Bertz CT molecular complexity index is 371. The van der Waals surface area contributed by atoms with Crippen molar-refractivity contribution in [2.24, 2.45) is 0 Å². The summed E-state index contributed by atoms with van der Waals surface area (Å²) in [4.78, 5) is 0. The molecule has 0 bridgehead atoms. The second-order valence-corrected chi connectivity index (χ2v) is 4.22. The normalized spacial score (nSPS) is 14.3. The van der Waals surface area contributed by atoms with E-state index in [0.717, 1.165) is 18.4 Å². The van der Waals surface area contributed by atoms with Crippen LogP contribution in [0.3, 0.4) is 0 Å². The van der Waals surface area contributed by atoms with Gasteiger partial charge in [0.25, 0.3) is 0 Å². The van der Waals surface area contributed by atoms with Gasteiger partial charge in [-0.05, 0) is 31.7 Å². The summed E-state index contributed by atoms with van der Waals surface area (Å²) in [5.74, 6) is 0.409. The van der Waals surface area contributed by atoms with Crippen LogP contribution in [0, 0.1) is 5.82 Å². The summed E-state index contributed by atoms with van der Waals surface area (Å²) >= 11 is 0. The van der Waals surface area contributed by atoms with Crippen molar-refractivity contribution in [1.29, 1.82) is 0 Å². The largest absolute Gasteiger partial charge is 0.496 e. The van der Waals surface area contributed by atoms with E-state index in [9.17, 15) is 4.39 Å². The number of benzene rings is 1. The van der Waals surface area contributed by atoms with Gasteiger partial charge in [-0.25, -0.2) is 4.39 Å². The molecule has 4 heteroatoms. The smallest absolute Gasteiger partial charge is 0.123 e. The molecule has 0 fully saturated rings. The third-order valence-corrected chi connectivity index (χ3v) is 3.09. The van der Waals surface area contributed by atoms with E-state index in [1.54, 1.807) is 20.3 Å². The van der Waals surface area contributed by atoms with E-state index < -0.39 is 0 Å². The van der Waals surface area contributed by atoms with Crippen LogP contribution in [0.2, 0.25) is 0 Å². The Hall–Kier alpha value is -1.13. The molecule has 0 saturated heterocycles. The molecule has 3 nitrogen and oxygen atoms in total. The first-order valence-electron chi connectivity index (χ1n) is 6.21. The molecule has 0 aliphatic carbocycles. The van der Waals surface area contributed by atoms with Gasteiger partial charge in [-0.3, -0.25) is 0 Å².